The summed E-state index contributed by atoms with van der Waals surface area (Å²) < 4.78 is 0. The molecule has 0 saturated heterocycles. The van der Waals surface area contributed by atoms with Crippen LogP contribution in [0.3, 0.4) is 0 Å². The second-order valence-corrected chi connectivity index (χ2v) is 9.39. The maximum atomic E-state index is 13.3. The molecule has 0 spiro atoms. The Bertz CT molecular complexity index is 1030. The maximum absolute atomic E-state index is 13.3. The molecule has 0 heterocycles. The number of carbonyl (C=O) groups excluding carboxylic acids is 4. The predicted octanol–water partition coefficient (Wildman–Crippen LogP) is -1.12. The van der Waals surface area contributed by atoms with Gasteiger partial charge in [-0.25, -0.2) is 4.79 Å². The molecule has 0 bridgehead atoms. The van der Waals surface area contributed by atoms with E-state index in [2.05, 4.69) is 21.3 Å². The van der Waals surface area contributed by atoms with E-state index in [1.165, 1.54) is 24.3 Å². The summed E-state index contributed by atoms with van der Waals surface area (Å²) in [6.07, 6.45) is -0.948. The number of hydrogen-bond donors (Lipinski definition) is 8. The van der Waals surface area contributed by atoms with E-state index < -0.39 is 72.8 Å². The fourth-order valence-electron chi connectivity index (χ4n) is 3.56. The van der Waals surface area contributed by atoms with Crippen LogP contribution in [0.25, 0.3) is 0 Å². The summed E-state index contributed by atoms with van der Waals surface area (Å²) in [6.45, 7) is 3.87. The van der Waals surface area contributed by atoms with Gasteiger partial charge in [-0.3, -0.25) is 24.0 Å². The first-order valence-electron chi connectivity index (χ1n) is 12.2. The van der Waals surface area contributed by atoms with Gasteiger partial charge in [0.05, 0.1) is 6.61 Å². The maximum Gasteiger partial charge on any atom is 0.326 e. The molecule has 4 atom stereocenters. The first kappa shape index (κ1) is 32.8. The second-order valence-electron chi connectivity index (χ2n) is 9.39. The van der Waals surface area contributed by atoms with E-state index in [1.54, 1.807) is 13.8 Å². The molecule has 0 aliphatic heterocycles. The normalized spacial score (nSPS) is 13.9. The van der Waals surface area contributed by atoms with Crippen molar-refractivity contribution in [1.29, 1.82) is 0 Å². The van der Waals surface area contributed by atoms with Gasteiger partial charge in [-0.2, -0.15) is 0 Å². The molecule has 1 rings (SSSR count). The smallest absolute Gasteiger partial charge is 0.326 e. The third-order valence-corrected chi connectivity index (χ3v) is 5.49. The lowest BCUT2D eigenvalue weighted by molar-refractivity contribution is -0.143. The highest BCUT2D eigenvalue weighted by Crippen LogP contribution is 2.12. The highest BCUT2D eigenvalue weighted by molar-refractivity contribution is 5.95. The standard InChI is InChI=1S/C25H36N4O10/c1-13(2)10-19(25(38)39)29-22(35)17(8-9-21(33)34)27-23(36)18(11-15-4-6-16(32)7-5-15)28-24(37)20(12-30)26-14(3)31/h4-7,13,17-20,30,32H,8-12H2,1-3H3,(H,26,31)(H,27,36)(H,28,37)(H,29,35)(H,33,34)(H,38,39)/t17-,18-,19-,20-/m0/s1. The molecule has 0 unspecified atom stereocenters. The van der Waals surface area contributed by atoms with Gasteiger partial charge in [0.25, 0.3) is 0 Å². The van der Waals surface area contributed by atoms with Gasteiger partial charge < -0.3 is 41.7 Å². The number of aliphatic carboxylic acids is 2. The van der Waals surface area contributed by atoms with Gasteiger partial charge in [-0.15, -0.1) is 0 Å². The molecular weight excluding hydrogens is 516 g/mol. The fraction of sp³-hybridized carbons (Fsp3) is 0.520. The first-order chi connectivity index (χ1) is 18.2. The number of aliphatic hydroxyl groups excluding tert-OH is 1. The topological polar surface area (TPSA) is 231 Å². The van der Waals surface area contributed by atoms with Gasteiger partial charge in [0, 0.05) is 19.8 Å². The molecule has 0 aliphatic rings. The zero-order valence-electron chi connectivity index (χ0n) is 22.0. The Hall–Kier alpha value is -4.20. The number of aromatic hydroxyl groups is 1. The lowest BCUT2D eigenvalue weighted by Crippen LogP contribution is -2.58. The molecule has 0 saturated carbocycles. The Morgan fingerprint density at radius 2 is 1.28 bits per heavy atom. The van der Waals surface area contributed by atoms with Crippen molar-refractivity contribution in [2.75, 3.05) is 6.61 Å². The minimum Gasteiger partial charge on any atom is -0.508 e. The highest BCUT2D eigenvalue weighted by Gasteiger charge is 2.31. The molecule has 216 valence electrons. The van der Waals surface area contributed by atoms with Crippen LogP contribution in [0, 0.1) is 5.92 Å². The number of amides is 4. The van der Waals surface area contributed by atoms with E-state index in [4.69, 9.17) is 5.11 Å². The Kier molecular flexibility index (Phi) is 13.4. The van der Waals surface area contributed by atoms with E-state index >= 15 is 0 Å². The largest absolute Gasteiger partial charge is 0.508 e. The molecule has 0 fully saturated rings. The number of phenols is 1. The van der Waals surface area contributed by atoms with Crippen molar-refractivity contribution >= 4 is 35.6 Å². The fourth-order valence-corrected chi connectivity index (χ4v) is 3.56. The summed E-state index contributed by atoms with van der Waals surface area (Å²) >= 11 is 0. The number of carboxylic acid groups (broad SMARTS) is 2. The Balaban J connectivity index is 3.22. The van der Waals surface area contributed by atoms with Gasteiger partial charge in [0.15, 0.2) is 0 Å². The molecule has 8 N–H and O–H groups in total. The summed E-state index contributed by atoms with van der Waals surface area (Å²) in [7, 11) is 0. The van der Waals surface area contributed by atoms with Crippen LogP contribution in [0.2, 0.25) is 0 Å². The van der Waals surface area contributed by atoms with Crippen molar-refractivity contribution < 1.29 is 49.2 Å². The number of aliphatic hydroxyl groups is 1. The van der Waals surface area contributed by atoms with Crippen molar-refractivity contribution in [3.8, 4) is 5.75 Å². The van der Waals surface area contributed by atoms with Gasteiger partial charge in [-0.1, -0.05) is 26.0 Å². The molecular formula is C25H36N4O10. The predicted molar refractivity (Wildman–Crippen MR) is 136 cm³/mol. The monoisotopic (exact) mass is 552 g/mol. The summed E-state index contributed by atoms with van der Waals surface area (Å²) in [4.78, 5) is 73.0. The lowest BCUT2D eigenvalue weighted by atomic mass is 10.0. The van der Waals surface area contributed by atoms with Crippen LogP contribution in [0.15, 0.2) is 24.3 Å². The zero-order chi connectivity index (χ0) is 29.7. The third kappa shape index (κ3) is 12.3. The van der Waals surface area contributed by atoms with E-state index in [0.717, 1.165) is 6.92 Å². The highest BCUT2D eigenvalue weighted by atomic mass is 16.4. The van der Waals surface area contributed by atoms with Gasteiger partial charge in [-0.05, 0) is 36.5 Å². The van der Waals surface area contributed by atoms with Gasteiger partial charge in [0.1, 0.15) is 29.9 Å². The summed E-state index contributed by atoms with van der Waals surface area (Å²) in [6, 6.07) is 0.192. The van der Waals surface area contributed by atoms with E-state index in [0.29, 0.717) is 5.56 Å². The minimum absolute atomic E-state index is 0.0467. The Labute approximate surface area is 225 Å². The number of benzene rings is 1. The molecule has 39 heavy (non-hydrogen) atoms. The van der Waals surface area contributed by atoms with Crippen LogP contribution in [0.5, 0.6) is 5.75 Å². The van der Waals surface area contributed by atoms with Crippen LogP contribution in [-0.4, -0.2) is 86.8 Å². The lowest BCUT2D eigenvalue weighted by Gasteiger charge is -2.26. The van der Waals surface area contributed by atoms with Crippen LogP contribution >= 0.6 is 0 Å². The van der Waals surface area contributed by atoms with Crippen molar-refractivity contribution in [3.63, 3.8) is 0 Å². The quantitative estimate of drug-likeness (QED) is 0.123. The van der Waals surface area contributed by atoms with Crippen molar-refractivity contribution in [3.05, 3.63) is 29.8 Å². The summed E-state index contributed by atoms with van der Waals surface area (Å²) in [5, 5.41) is 46.9. The summed E-state index contributed by atoms with van der Waals surface area (Å²) in [5.74, 6) is -6.03. The molecule has 1 aromatic carbocycles. The average molecular weight is 553 g/mol. The Morgan fingerprint density at radius 3 is 1.77 bits per heavy atom. The van der Waals surface area contributed by atoms with Crippen molar-refractivity contribution in [2.24, 2.45) is 5.92 Å². The van der Waals surface area contributed by atoms with E-state index in [1.807, 2.05) is 0 Å². The number of rotatable bonds is 16. The number of hydrogen-bond acceptors (Lipinski definition) is 8. The average Bonchev–Trinajstić information content (AvgIpc) is 2.84. The molecule has 0 aliphatic carbocycles. The number of carboxylic acids is 2. The van der Waals surface area contributed by atoms with Crippen LogP contribution in [-0.2, 0) is 35.2 Å². The van der Waals surface area contributed by atoms with Gasteiger partial charge in [0.2, 0.25) is 23.6 Å². The molecule has 14 heteroatoms. The zero-order valence-corrected chi connectivity index (χ0v) is 22.0. The molecule has 4 amide bonds. The molecule has 1 aromatic rings. The van der Waals surface area contributed by atoms with Crippen molar-refractivity contribution in [2.45, 2.75) is 70.6 Å². The van der Waals surface area contributed by atoms with Crippen LogP contribution < -0.4 is 21.3 Å². The molecule has 0 radical (unpaired) electrons. The summed E-state index contributed by atoms with van der Waals surface area (Å²) in [5.41, 5.74) is 0.489. The molecule has 0 aromatic heterocycles. The molecule has 14 nitrogen and oxygen atoms in total. The van der Waals surface area contributed by atoms with Gasteiger partial charge >= 0.3 is 11.9 Å². The SMILES string of the molecule is CC(=O)N[C@@H](CO)C(=O)N[C@@H](Cc1ccc(O)cc1)C(=O)N[C@@H](CCC(=O)O)C(=O)N[C@@H](CC(C)C)C(=O)O. The number of carbonyl (C=O) groups is 6. The van der Waals surface area contributed by atoms with E-state index in [-0.39, 0.29) is 30.9 Å². The minimum atomic E-state index is -1.45. The van der Waals surface area contributed by atoms with E-state index in [9.17, 15) is 44.1 Å². The van der Waals surface area contributed by atoms with Crippen LogP contribution in [0.4, 0.5) is 0 Å². The number of nitrogens with one attached hydrogen (secondary N) is 4. The van der Waals surface area contributed by atoms with Crippen LogP contribution in [0.1, 0.15) is 45.6 Å². The third-order valence-electron chi connectivity index (χ3n) is 5.49. The number of phenolic OH excluding ortho intramolecular Hbond substituents is 1. The second kappa shape index (κ2) is 15.9. The first-order valence-corrected chi connectivity index (χ1v) is 12.2. The van der Waals surface area contributed by atoms with Crippen molar-refractivity contribution in [1.82, 2.24) is 21.3 Å². The Morgan fingerprint density at radius 1 is 0.769 bits per heavy atom.